The fourth-order valence-electron chi connectivity index (χ4n) is 3.19. The molecule has 3 N–H and O–H groups in total. The average Bonchev–Trinajstić information content (AvgIpc) is 3.29. The average molecular weight is 371 g/mol. The lowest BCUT2D eigenvalue weighted by molar-refractivity contribution is 0.396. The highest BCUT2D eigenvalue weighted by Crippen LogP contribution is 2.53. The highest BCUT2D eigenvalue weighted by molar-refractivity contribution is 6.02. The van der Waals surface area contributed by atoms with Gasteiger partial charge in [0.1, 0.15) is 6.17 Å². The maximum atomic E-state index is 13.8. The van der Waals surface area contributed by atoms with Crippen molar-refractivity contribution in [3.05, 3.63) is 53.2 Å². The maximum absolute atomic E-state index is 13.8. The molecule has 1 aliphatic rings. The molecule has 1 aromatic carbocycles. The lowest BCUT2D eigenvalue weighted by Gasteiger charge is -2.13. The molecule has 1 aliphatic carbocycles. The first-order valence-corrected chi connectivity index (χ1v) is 9.19. The Kier molecular flexibility index (Phi) is 5.70. The number of aryl methyl sites for hydroxylation is 1. The van der Waals surface area contributed by atoms with E-state index in [4.69, 9.17) is 10.3 Å². The molecule has 1 fully saturated rings. The molecule has 0 aliphatic heterocycles. The number of allylic oxidation sites excluding steroid dienone is 1. The van der Waals surface area contributed by atoms with Gasteiger partial charge in [0, 0.05) is 6.54 Å². The molecule has 0 radical (unpaired) electrons. The van der Waals surface area contributed by atoms with Gasteiger partial charge in [-0.15, -0.1) is 0 Å². The normalized spacial score (nSPS) is 17.8. The zero-order valence-electron chi connectivity index (χ0n) is 16.0. The van der Waals surface area contributed by atoms with E-state index in [0.29, 0.717) is 18.9 Å². The van der Waals surface area contributed by atoms with E-state index in [1.165, 1.54) is 24.1 Å². The van der Waals surface area contributed by atoms with Crippen LogP contribution in [0.25, 0.3) is 5.70 Å². The molecule has 1 aromatic heterocycles. The first kappa shape index (κ1) is 19.2. The molecular weight excluding hydrogens is 345 g/mol. The summed E-state index contributed by atoms with van der Waals surface area (Å²) in [6, 6.07) is 8.23. The lowest BCUT2D eigenvalue weighted by Crippen LogP contribution is -2.16. The van der Waals surface area contributed by atoms with Crippen molar-refractivity contribution in [3.8, 4) is 0 Å². The number of likely N-dealkylation sites (N-methyl/N-ethyl adjacent to an activating group) is 1. The van der Waals surface area contributed by atoms with Crippen LogP contribution in [-0.2, 0) is 5.41 Å². The third kappa shape index (κ3) is 4.08. The van der Waals surface area contributed by atoms with Crippen LogP contribution in [0.4, 0.5) is 4.39 Å². The summed E-state index contributed by atoms with van der Waals surface area (Å²) in [5.74, 6) is 0.831. The molecule has 1 saturated carbocycles. The van der Waals surface area contributed by atoms with Crippen molar-refractivity contribution in [2.75, 3.05) is 20.1 Å². The minimum absolute atomic E-state index is 0.201. The number of aromatic nitrogens is 2. The molecule has 3 rings (SSSR count). The van der Waals surface area contributed by atoms with Crippen LogP contribution in [0.15, 0.2) is 39.9 Å². The Morgan fingerprint density at radius 3 is 2.81 bits per heavy atom. The number of aliphatic imine (C=N–C) groups is 1. The second-order valence-electron chi connectivity index (χ2n) is 6.95. The molecule has 144 valence electrons. The predicted molar refractivity (Wildman–Crippen MR) is 104 cm³/mol. The molecule has 27 heavy (non-hydrogen) atoms. The van der Waals surface area contributed by atoms with E-state index in [9.17, 15) is 4.39 Å². The van der Waals surface area contributed by atoms with Crippen molar-refractivity contribution in [2.45, 2.75) is 38.3 Å². The Bertz CT molecular complexity index is 852. The monoisotopic (exact) mass is 371 g/mol. The lowest BCUT2D eigenvalue weighted by atomic mass is 9.91. The van der Waals surface area contributed by atoms with Crippen molar-refractivity contribution in [3.63, 3.8) is 0 Å². The highest BCUT2D eigenvalue weighted by Gasteiger charge is 2.50. The van der Waals surface area contributed by atoms with Crippen molar-refractivity contribution >= 4 is 11.4 Å². The topological polar surface area (TPSA) is 89.3 Å². The number of benzene rings is 1. The summed E-state index contributed by atoms with van der Waals surface area (Å²) in [5, 5.41) is 7.14. The Labute approximate surface area is 158 Å². The van der Waals surface area contributed by atoms with Gasteiger partial charge in [-0.2, -0.15) is 4.98 Å². The number of rotatable bonds is 8. The van der Waals surface area contributed by atoms with Crippen LogP contribution in [0.2, 0.25) is 0 Å². The maximum Gasteiger partial charge on any atom is 0.273 e. The van der Waals surface area contributed by atoms with Gasteiger partial charge in [0.15, 0.2) is 5.82 Å². The van der Waals surface area contributed by atoms with Crippen molar-refractivity contribution in [2.24, 2.45) is 10.7 Å². The van der Waals surface area contributed by atoms with Gasteiger partial charge in [0.25, 0.3) is 5.89 Å². The molecule has 1 heterocycles. The minimum atomic E-state index is -1.23. The SMILES string of the molecule is CNCCN=C(/C=C(\N)c1nc(C2(c3ccccc3C)CC2)no1)C(C)F. The molecular formula is C20H26FN5O. The van der Waals surface area contributed by atoms with Crippen LogP contribution in [0, 0.1) is 6.92 Å². The van der Waals surface area contributed by atoms with Gasteiger partial charge in [-0.3, -0.25) is 4.99 Å². The van der Waals surface area contributed by atoms with E-state index < -0.39 is 6.17 Å². The van der Waals surface area contributed by atoms with Crippen LogP contribution in [0.1, 0.15) is 42.6 Å². The third-order valence-corrected chi connectivity index (χ3v) is 4.88. The standard InChI is InChI=1S/C20H26FN5O/c1-13-6-4-5-7-15(13)20(8-9-20)19-25-18(27-26-19)16(22)12-17(14(2)21)24-11-10-23-3/h4-7,12,14,23H,8-11,22H2,1-3H3/b16-12-,24-17?. The van der Waals surface area contributed by atoms with Gasteiger partial charge < -0.3 is 15.6 Å². The van der Waals surface area contributed by atoms with E-state index in [1.54, 1.807) is 0 Å². The molecule has 7 heteroatoms. The van der Waals surface area contributed by atoms with E-state index in [1.807, 2.05) is 19.2 Å². The highest BCUT2D eigenvalue weighted by atomic mass is 19.1. The van der Waals surface area contributed by atoms with E-state index in [2.05, 4.69) is 39.5 Å². The third-order valence-electron chi connectivity index (χ3n) is 4.88. The van der Waals surface area contributed by atoms with Gasteiger partial charge in [-0.1, -0.05) is 29.4 Å². The fourth-order valence-corrected chi connectivity index (χ4v) is 3.19. The van der Waals surface area contributed by atoms with Crippen molar-refractivity contribution in [1.29, 1.82) is 0 Å². The molecule has 0 amide bonds. The summed E-state index contributed by atoms with van der Waals surface area (Å²) in [7, 11) is 1.82. The van der Waals surface area contributed by atoms with Crippen LogP contribution < -0.4 is 11.1 Å². The Hall–Kier alpha value is -2.54. The van der Waals surface area contributed by atoms with Crippen molar-refractivity contribution < 1.29 is 8.91 Å². The van der Waals surface area contributed by atoms with Gasteiger partial charge in [-0.05, 0) is 50.9 Å². The Morgan fingerprint density at radius 2 is 2.19 bits per heavy atom. The summed E-state index contributed by atoms with van der Waals surface area (Å²) in [5.41, 5.74) is 8.79. The Balaban J connectivity index is 1.85. The number of nitrogens with two attached hydrogens (primary N) is 1. The van der Waals surface area contributed by atoms with E-state index >= 15 is 0 Å². The fraction of sp³-hybridized carbons (Fsp3) is 0.450. The first-order valence-electron chi connectivity index (χ1n) is 9.19. The summed E-state index contributed by atoms with van der Waals surface area (Å²) < 4.78 is 19.2. The molecule has 0 saturated heterocycles. The van der Waals surface area contributed by atoms with Crippen LogP contribution in [-0.4, -0.2) is 42.2 Å². The van der Waals surface area contributed by atoms with Crippen LogP contribution in [0.5, 0.6) is 0 Å². The predicted octanol–water partition coefficient (Wildman–Crippen LogP) is 2.78. The number of nitrogens with zero attached hydrogens (tertiary/aromatic N) is 3. The molecule has 2 aromatic rings. The van der Waals surface area contributed by atoms with E-state index in [-0.39, 0.29) is 22.7 Å². The zero-order chi connectivity index (χ0) is 19.4. The smallest absolute Gasteiger partial charge is 0.273 e. The first-order chi connectivity index (χ1) is 13.0. The second-order valence-corrected chi connectivity index (χ2v) is 6.95. The Morgan fingerprint density at radius 1 is 1.44 bits per heavy atom. The summed E-state index contributed by atoms with van der Waals surface area (Å²) in [6.07, 6.45) is 2.19. The van der Waals surface area contributed by atoms with Gasteiger partial charge in [0.2, 0.25) is 0 Å². The van der Waals surface area contributed by atoms with Crippen LogP contribution >= 0.6 is 0 Å². The largest absolute Gasteiger partial charge is 0.394 e. The number of alkyl halides is 1. The second kappa shape index (κ2) is 8.00. The zero-order valence-corrected chi connectivity index (χ0v) is 16.0. The number of hydrogen-bond donors (Lipinski definition) is 2. The molecule has 6 nitrogen and oxygen atoms in total. The number of halogens is 1. The molecule has 1 atom stereocenters. The molecule has 1 unspecified atom stereocenters. The number of nitrogens with one attached hydrogen (secondary N) is 1. The van der Waals surface area contributed by atoms with Gasteiger partial charge in [0.05, 0.1) is 23.4 Å². The summed E-state index contributed by atoms with van der Waals surface area (Å²) in [6.45, 7) is 4.64. The van der Waals surface area contributed by atoms with Gasteiger partial charge in [-0.25, -0.2) is 4.39 Å². The van der Waals surface area contributed by atoms with Crippen molar-refractivity contribution in [1.82, 2.24) is 15.5 Å². The number of hydrogen-bond acceptors (Lipinski definition) is 6. The molecule has 0 spiro atoms. The quantitative estimate of drug-likeness (QED) is 0.550. The minimum Gasteiger partial charge on any atom is -0.394 e. The van der Waals surface area contributed by atoms with Crippen LogP contribution in [0.3, 0.4) is 0 Å². The summed E-state index contributed by atoms with van der Waals surface area (Å²) in [4.78, 5) is 8.75. The molecule has 0 bridgehead atoms. The van der Waals surface area contributed by atoms with Gasteiger partial charge >= 0.3 is 0 Å². The van der Waals surface area contributed by atoms with E-state index in [0.717, 1.165) is 12.8 Å². The summed E-state index contributed by atoms with van der Waals surface area (Å²) >= 11 is 0.